The summed E-state index contributed by atoms with van der Waals surface area (Å²) in [4.78, 5) is 0. The summed E-state index contributed by atoms with van der Waals surface area (Å²) in [6.45, 7) is 3.95. The molecule has 0 bridgehead atoms. The van der Waals surface area contributed by atoms with E-state index < -0.39 is 0 Å². The minimum absolute atomic E-state index is 0.194. The van der Waals surface area contributed by atoms with E-state index in [9.17, 15) is 0 Å². The van der Waals surface area contributed by atoms with Crippen LogP contribution in [0.25, 0.3) is 0 Å². The molecule has 0 saturated heterocycles. The molecule has 0 fully saturated rings. The number of hydrogen-bond acceptors (Lipinski definition) is 2. The van der Waals surface area contributed by atoms with Gasteiger partial charge in [-0.3, -0.25) is 0 Å². The number of ether oxygens (including phenoxy) is 1. The number of hydrogen-bond donors (Lipinski definition) is 1. The Labute approximate surface area is 127 Å². The molecule has 2 atom stereocenters. The highest BCUT2D eigenvalue weighted by molar-refractivity contribution is 5.31. The zero-order valence-corrected chi connectivity index (χ0v) is 12.6. The summed E-state index contributed by atoms with van der Waals surface area (Å²) in [5.41, 5.74) is 4.14. The lowest BCUT2D eigenvalue weighted by Crippen LogP contribution is -2.26. The highest BCUT2D eigenvalue weighted by Crippen LogP contribution is 2.34. The van der Waals surface area contributed by atoms with Crippen molar-refractivity contribution >= 4 is 0 Å². The van der Waals surface area contributed by atoms with Gasteiger partial charge in [0.05, 0.1) is 12.7 Å². The van der Waals surface area contributed by atoms with E-state index in [4.69, 9.17) is 4.74 Å². The van der Waals surface area contributed by atoms with Gasteiger partial charge in [0.1, 0.15) is 0 Å². The third-order valence-corrected chi connectivity index (χ3v) is 4.19. The molecule has 21 heavy (non-hydrogen) atoms. The first-order chi connectivity index (χ1) is 10.4. The van der Waals surface area contributed by atoms with Crippen LogP contribution in [-0.4, -0.2) is 13.2 Å². The van der Waals surface area contributed by atoms with Crippen molar-refractivity contribution in [3.63, 3.8) is 0 Å². The summed E-state index contributed by atoms with van der Waals surface area (Å²) in [7, 11) is 0. The van der Waals surface area contributed by atoms with Crippen LogP contribution in [-0.2, 0) is 11.2 Å². The molecule has 0 amide bonds. The highest BCUT2D eigenvalue weighted by atomic mass is 16.5. The Hall–Kier alpha value is -1.64. The third-order valence-electron chi connectivity index (χ3n) is 4.19. The molecule has 3 rings (SSSR count). The van der Waals surface area contributed by atoms with Gasteiger partial charge in [0, 0.05) is 6.04 Å². The summed E-state index contributed by atoms with van der Waals surface area (Å²) in [6.07, 6.45) is 2.21. The van der Waals surface area contributed by atoms with Crippen molar-refractivity contribution in [2.24, 2.45) is 0 Å². The van der Waals surface area contributed by atoms with Gasteiger partial charge >= 0.3 is 0 Å². The minimum atomic E-state index is 0.194. The molecule has 2 nitrogen and oxygen atoms in total. The Morgan fingerprint density at radius 1 is 1.10 bits per heavy atom. The summed E-state index contributed by atoms with van der Waals surface area (Å²) in [5.74, 6) is 0. The van der Waals surface area contributed by atoms with Gasteiger partial charge in [0.25, 0.3) is 0 Å². The fourth-order valence-electron chi connectivity index (χ4n) is 3.15. The van der Waals surface area contributed by atoms with E-state index in [0.29, 0.717) is 6.04 Å². The Morgan fingerprint density at radius 2 is 1.86 bits per heavy atom. The largest absolute Gasteiger partial charge is 0.373 e. The quantitative estimate of drug-likeness (QED) is 0.893. The number of fused-ring (bicyclic) bond motifs is 1. The van der Waals surface area contributed by atoms with Crippen molar-refractivity contribution in [2.75, 3.05) is 13.2 Å². The van der Waals surface area contributed by atoms with E-state index in [1.54, 1.807) is 0 Å². The van der Waals surface area contributed by atoms with Gasteiger partial charge in [0.2, 0.25) is 0 Å². The second-order valence-corrected chi connectivity index (χ2v) is 5.56. The maximum absolute atomic E-state index is 6.06. The van der Waals surface area contributed by atoms with Gasteiger partial charge in [-0.05, 0) is 36.1 Å². The van der Waals surface area contributed by atoms with Crippen molar-refractivity contribution in [3.05, 3.63) is 71.3 Å². The standard InChI is InChI=1S/C19H23NO/c1-2-20-18(16-9-4-3-5-10-16)14-19-17-11-7-6-8-15(17)12-13-21-19/h3-11,18-20H,2,12-14H2,1H3. The molecule has 0 spiro atoms. The van der Waals surface area contributed by atoms with Gasteiger partial charge in [-0.25, -0.2) is 0 Å². The van der Waals surface area contributed by atoms with Crippen LogP contribution in [0.4, 0.5) is 0 Å². The van der Waals surface area contributed by atoms with Crippen molar-refractivity contribution in [1.82, 2.24) is 5.32 Å². The van der Waals surface area contributed by atoms with E-state index in [1.807, 2.05) is 0 Å². The fraction of sp³-hybridized carbons (Fsp3) is 0.368. The molecule has 2 aromatic rings. The molecule has 1 aliphatic rings. The second kappa shape index (κ2) is 6.88. The van der Waals surface area contributed by atoms with Crippen molar-refractivity contribution in [1.29, 1.82) is 0 Å². The first-order valence-electron chi connectivity index (χ1n) is 7.86. The predicted octanol–water partition coefficient (Wildman–Crippen LogP) is 4.04. The first kappa shape index (κ1) is 14.3. The molecule has 0 saturated carbocycles. The van der Waals surface area contributed by atoms with Crippen LogP contribution in [0.1, 0.15) is 42.2 Å². The highest BCUT2D eigenvalue weighted by Gasteiger charge is 2.24. The van der Waals surface area contributed by atoms with Crippen LogP contribution in [0.15, 0.2) is 54.6 Å². The number of benzene rings is 2. The fourth-order valence-corrected chi connectivity index (χ4v) is 3.15. The average Bonchev–Trinajstić information content (AvgIpc) is 2.55. The van der Waals surface area contributed by atoms with Crippen LogP contribution >= 0.6 is 0 Å². The Morgan fingerprint density at radius 3 is 2.67 bits per heavy atom. The summed E-state index contributed by atoms with van der Waals surface area (Å²) < 4.78 is 6.06. The number of rotatable bonds is 5. The van der Waals surface area contributed by atoms with Crippen LogP contribution < -0.4 is 5.32 Å². The summed E-state index contributed by atoms with van der Waals surface area (Å²) >= 11 is 0. The maximum atomic E-state index is 6.06. The van der Waals surface area contributed by atoms with E-state index in [0.717, 1.165) is 26.0 Å². The molecule has 0 radical (unpaired) electrons. The van der Waals surface area contributed by atoms with E-state index in [2.05, 4.69) is 66.8 Å². The van der Waals surface area contributed by atoms with Crippen LogP contribution in [0.2, 0.25) is 0 Å². The monoisotopic (exact) mass is 281 g/mol. The molecule has 2 heteroatoms. The topological polar surface area (TPSA) is 21.3 Å². The predicted molar refractivity (Wildman–Crippen MR) is 86.3 cm³/mol. The summed E-state index contributed by atoms with van der Waals surface area (Å²) in [5, 5.41) is 3.60. The molecule has 1 N–H and O–H groups in total. The molecular weight excluding hydrogens is 258 g/mol. The Balaban J connectivity index is 1.81. The van der Waals surface area contributed by atoms with E-state index in [1.165, 1.54) is 16.7 Å². The smallest absolute Gasteiger partial charge is 0.0845 e. The zero-order chi connectivity index (χ0) is 14.5. The molecule has 0 aromatic heterocycles. The van der Waals surface area contributed by atoms with Gasteiger partial charge in [-0.1, -0.05) is 61.5 Å². The van der Waals surface area contributed by atoms with Gasteiger partial charge in [0.15, 0.2) is 0 Å². The van der Waals surface area contributed by atoms with Crippen LogP contribution in [0.5, 0.6) is 0 Å². The molecule has 110 valence electrons. The minimum Gasteiger partial charge on any atom is -0.373 e. The van der Waals surface area contributed by atoms with Crippen molar-refractivity contribution < 1.29 is 4.74 Å². The molecule has 0 aliphatic carbocycles. The maximum Gasteiger partial charge on any atom is 0.0845 e. The lowest BCUT2D eigenvalue weighted by Gasteiger charge is -2.30. The van der Waals surface area contributed by atoms with Crippen LogP contribution in [0.3, 0.4) is 0 Å². The first-order valence-corrected chi connectivity index (χ1v) is 7.86. The molecule has 2 aromatic carbocycles. The molecule has 1 aliphatic heterocycles. The van der Waals surface area contributed by atoms with Gasteiger partial charge in [-0.15, -0.1) is 0 Å². The lowest BCUT2D eigenvalue weighted by molar-refractivity contribution is 0.0294. The SMILES string of the molecule is CCNC(CC1OCCc2ccccc21)c1ccccc1. The lowest BCUT2D eigenvalue weighted by atomic mass is 9.91. The van der Waals surface area contributed by atoms with Gasteiger partial charge in [-0.2, -0.15) is 0 Å². The molecule has 1 heterocycles. The second-order valence-electron chi connectivity index (χ2n) is 5.56. The van der Waals surface area contributed by atoms with E-state index in [-0.39, 0.29) is 6.10 Å². The van der Waals surface area contributed by atoms with Crippen LogP contribution in [0, 0.1) is 0 Å². The average molecular weight is 281 g/mol. The van der Waals surface area contributed by atoms with Crippen molar-refractivity contribution in [3.8, 4) is 0 Å². The normalized spacial score (nSPS) is 19.0. The molecule has 2 unspecified atom stereocenters. The van der Waals surface area contributed by atoms with E-state index >= 15 is 0 Å². The van der Waals surface area contributed by atoms with Gasteiger partial charge < -0.3 is 10.1 Å². The number of nitrogens with one attached hydrogen (secondary N) is 1. The zero-order valence-electron chi connectivity index (χ0n) is 12.6. The molecular formula is C19H23NO. The third kappa shape index (κ3) is 3.34. The summed E-state index contributed by atoms with van der Waals surface area (Å²) in [6, 6.07) is 19.7. The van der Waals surface area contributed by atoms with Crippen molar-refractivity contribution in [2.45, 2.75) is 31.9 Å². The Kier molecular flexibility index (Phi) is 4.69. The Bertz CT molecular complexity index is 567.